The Bertz CT molecular complexity index is 501. The number of rotatable bonds is 6. The van der Waals surface area contributed by atoms with Gasteiger partial charge in [0, 0.05) is 28.0 Å². The van der Waals surface area contributed by atoms with Gasteiger partial charge in [-0.15, -0.1) is 11.3 Å². The average Bonchev–Trinajstić information content (AvgIpc) is 2.89. The lowest BCUT2D eigenvalue weighted by Gasteiger charge is -2.17. The molecule has 19 heavy (non-hydrogen) atoms. The Balaban J connectivity index is 1.83. The molecule has 2 aromatic rings. The standard InChI is InChI=1S/C15H18ClNOS/c1-11(9-12-5-4-8-19-12)17-10-15(18)13-6-2-3-7-14(13)16/h2-8,11,15,17-18H,9-10H2,1H3. The van der Waals surface area contributed by atoms with E-state index in [-0.39, 0.29) is 0 Å². The third kappa shape index (κ3) is 4.32. The largest absolute Gasteiger partial charge is 0.387 e. The predicted molar refractivity (Wildman–Crippen MR) is 81.9 cm³/mol. The molecule has 2 nitrogen and oxygen atoms in total. The zero-order valence-corrected chi connectivity index (χ0v) is 12.4. The Hall–Kier alpha value is -0.870. The van der Waals surface area contributed by atoms with Crippen LogP contribution >= 0.6 is 22.9 Å². The second kappa shape index (κ2) is 7.06. The van der Waals surface area contributed by atoms with Crippen molar-refractivity contribution in [2.24, 2.45) is 0 Å². The van der Waals surface area contributed by atoms with E-state index >= 15 is 0 Å². The Morgan fingerprint density at radius 2 is 2.05 bits per heavy atom. The van der Waals surface area contributed by atoms with Crippen LogP contribution in [-0.4, -0.2) is 17.7 Å². The first kappa shape index (κ1) is 14.5. The lowest BCUT2D eigenvalue weighted by atomic mass is 10.1. The molecule has 2 rings (SSSR count). The van der Waals surface area contributed by atoms with Gasteiger partial charge >= 0.3 is 0 Å². The number of nitrogens with one attached hydrogen (secondary N) is 1. The summed E-state index contributed by atoms with van der Waals surface area (Å²) in [6.07, 6.45) is 0.409. The number of benzene rings is 1. The highest BCUT2D eigenvalue weighted by Crippen LogP contribution is 2.22. The molecule has 0 bridgehead atoms. The summed E-state index contributed by atoms with van der Waals surface area (Å²) in [5, 5.41) is 16.2. The molecule has 0 saturated carbocycles. The van der Waals surface area contributed by atoms with E-state index in [0.717, 1.165) is 12.0 Å². The van der Waals surface area contributed by atoms with Crippen molar-refractivity contribution in [1.82, 2.24) is 5.32 Å². The fraction of sp³-hybridized carbons (Fsp3) is 0.333. The summed E-state index contributed by atoms with van der Waals surface area (Å²) in [4.78, 5) is 1.35. The van der Waals surface area contributed by atoms with E-state index in [1.165, 1.54) is 4.88 Å². The fourth-order valence-corrected chi connectivity index (χ4v) is 3.07. The monoisotopic (exact) mass is 295 g/mol. The molecule has 0 aliphatic heterocycles. The van der Waals surface area contributed by atoms with Crippen LogP contribution in [0.1, 0.15) is 23.5 Å². The average molecular weight is 296 g/mol. The lowest BCUT2D eigenvalue weighted by Crippen LogP contribution is -2.31. The molecule has 4 heteroatoms. The highest BCUT2D eigenvalue weighted by atomic mass is 35.5. The fourth-order valence-electron chi connectivity index (χ4n) is 1.97. The van der Waals surface area contributed by atoms with E-state index in [1.54, 1.807) is 17.4 Å². The number of aliphatic hydroxyl groups is 1. The molecule has 2 N–H and O–H groups in total. The maximum absolute atomic E-state index is 10.1. The molecule has 0 aliphatic rings. The smallest absolute Gasteiger partial charge is 0.0928 e. The quantitative estimate of drug-likeness (QED) is 0.852. The third-order valence-electron chi connectivity index (χ3n) is 3.01. The van der Waals surface area contributed by atoms with Crippen LogP contribution in [0.3, 0.4) is 0 Å². The molecule has 2 unspecified atom stereocenters. The summed E-state index contributed by atoms with van der Waals surface area (Å²) in [5.41, 5.74) is 0.778. The van der Waals surface area contributed by atoms with E-state index in [0.29, 0.717) is 17.6 Å². The van der Waals surface area contributed by atoms with E-state index in [1.807, 2.05) is 18.2 Å². The van der Waals surface area contributed by atoms with Gasteiger partial charge in [-0.25, -0.2) is 0 Å². The van der Waals surface area contributed by atoms with Crippen molar-refractivity contribution in [3.05, 3.63) is 57.2 Å². The van der Waals surface area contributed by atoms with Gasteiger partial charge in [-0.3, -0.25) is 0 Å². The SMILES string of the molecule is CC(Cc1cccs1)NCC(O)c1ccccc1Cl. The molecule has 0 radical (unpaired) electrons. The molecular formula is C15H18ClNOS. The van der Waals surface area contributed by atoms with Crippen molar-refractivity contribution in [3.8, 4) is 0 Å². The van der Waals surface area contributed by atoms with Crippen molar-refractivity contribution in [2.75, 3.05) is 6.54 Å². The van der Waals surface area contributed by atoms with Crippen molar-refractivity contribution < 1.29 is 5.11 Å². The molecule has 102 valence electrons. The first-order valence-electron chi connectivity index (χ1n) is 6.35. The first-order chi connectivity index (χ1) is 9.16. The summed E-state index contributed by atoms with van der Waals surface area (Å²) >= 11 is 7.82. The van der Waals surface area contributed by atoms with Gasteiger partial charge in [0.05, 0.1) is 6.10 Å². The molecule has 1 aromatic carbocycles. The zero-order valence-electron chi connectivity index (χ0n) is 10.8. The zero-order chi connectivity index (χ0) is 13.7. The normalized spacial score (nSPS) is 14.3. The minimum atomic E-state index is -0.570. The number of halogens is 1. The second-order valence-corrected chi connectivity index (χ2v) is 6.07. The van der Waals surface area contributed by atoms with Crippen LogP contribution in [0.4, 0.5) is 0 Å². The van der Waals surface area contributed by atoms with Crippen LogP contribution in [0.2, 0.25) is 5.02 Å². The van der Waals surface area contributed by atoms with Gasteiger partial charge in [-0.1, -0.05) is 35.9 Å². The molecule has 1 aromatic heterocycles. The van der Waals surface area contributed by atoms with Crippen molar-refractivity contribution >= 4 is 22.9 Å². The molecule has 0 amide bonds. The van der Waals surface area contributed by atoms with Crippen LogP contribution in [0.5, 0.6) is 0 Å². The van der Waals surface area contributed by atoms with E-state index < -0.39 is 6.10 Å². The minimum absolute atomic E-state index is 0.329. The van der Waals surface area contributed by atoms with Gasteiger partial charge < -0.3 is 10.4 Å². The Labute approximate surface area is 123 Å². The van der Waals surface area contributed by atoms with Gasteiger partial charge in [-0.2, -0.15) is 0 Å². The second-order valence-electron chi connectivity index (χ2n) is 4.63. The minimum Gasteiger partial charge on any atom is -0.387 e. The van der Waals surface area contributed by atoms with Crippen molar-refractivity contribution in [2.45, 2.75) is 25.5 Å². The topological polar surface area (TPSA) is 32.3 Å². The Morgan fingerprint density at radius 3 is 2.74 bits per heavy atom. The number of aliphatic hydroxyl groups excluding tert-OH is 1. The van der Waals surface area contributed by atoms with Crippen molar-refractivity contribution in [3.63, 3.8) is 0 Å². The molecule has 0 saturated heterocycles. The molecule has 1 heterocycles. The van der Waals surface area contributed by atoms with Gasteiger partial charge in [0.25, 0.3) is 0 Å². The lowest BCUT2D eigenvalue weighted by molar-refractivity contribution is 0.171. The Morgan fingerprint density at radius 1 is 1.26 bits per heavy atom. The summed E-state index contributed by atoms with van der Waals surface area (Å²) in [5.74, 6) is 0. The highest BCUT2D eigenvalue weighted by molar-refractivity contribution is 7.09. The highest BCUT2D eigenvalue weighted by Gasteiger charge is 2.12. The van der Waals surface area contributed by atoms with Gasteiger partial charge in [0.15, 0.2) is 0 Å². The number of thiophene rings is 1. The predicted octanol–water partition coefficient (Wildman–Crippen LogP) is 3.66. The van der Waals surface area contributed by atoms with E-state index in [9.17, 15) is 5.11 Å². The summed E-state index contributed by atoms with van der Waals surface area (Å²) in [7, 11) is 0. The van der Waals surface area contributed by atoms with Gasteiger partial charge in [0.2, 0.25) is 0 Å². The van der Waals surface area contributed by atoms with E-state index in [2.05, 4.69) is 29.8 Å². The molecule has 2 atom stereocenters. The van der Waals surface area contributed by atoms with Gasteiger partial charge in [0.1, 0.15) is 0 Å². The Kier molecular flexibility index (Phi) is 5.40. The number of hydrogen-bond acceptors (Lipinski definition) is 3. The molecule has 0 spiro atoms. The van der Waals surface area contributed by atoms with Gasteiger partial charge in [-0.05, 0) is 30.9 Å². The van der Waals surface area contributed by atoms with Crippen LogP contribution in [0, 0.1) is 0 Å². The molecule has 0 aliphatic carbocycles. The van der Waals surface area contributed by atoms with Crippen molar-refractivity contribution in [1.29, 1.82) is 0 Å². The third-order valence-corrected chi connectivity index (χ3v) is 4.25. The summed E-state index contributed by atoms with van der Waals surface area (Å²) in [6, 6.07) is 11.9. The van der Waals surface area contributed by atoms with Crippen LogP contribution < -0.4 is 5.32 Å². The maximum Gasteiger partial charge on any atom is 0.0928 e. The molecular weight excluding hydrogens is 278 g/mol. The van der Waals surface area contributed by atoms with E-state index in [4.69, 9.17) is 11.6 Å². The van der Waals surface area contributed by atoms with Crippen LogP contribution in [-0.2, 0) is 6.42 Å². The molecule has 0 fully saturated rings. The summed E-state index contributed by atoms with van der Waals surface area (Å²) in [6.45, 7) is 2.63. The number of hydrogen-bond donors (Lipinski definition) is 2. The first-order valence-corrected chi connectivity index (χ1v) is 7.61. The van der Waals surface area contributed by atoms with Crippen LogP contribution in [0.15, 0.2) is 41.8 Å². The van der Waals surface area contributed by atoms with Crippen LogP contribution in [0.25, 0.3) is 0 Å². The maximum atomic E-state index is 10.1. The summed E-state index contributed by atoms with van der Waals surface area (Å²) < 4.78 is 0.